The Hall–Kier alpha value is -1.54. The van der Waals surface area contributed by atoms with Gasteiger partial charge in [0.25, 0.3) is 0 Å². The van der Waals surface area contributed by atoms with Crippen molar-refractivity contribution in [3.05, 3.63) is 47.4 Å². The number of hydrogen-bond donors (Lipinski definition) is 1. The van der Waals surface area contributed by atoms with Gasteiger partial charge in [-0.25, -0.2) is 4.39 Å². The van der Waals surface area contributed by atoms with Gasteiger partial charge >= 0.3 is 0 Å². The SMILES string of the molecule is CNC(C)Cc1noc(C(c2cccc(F)c2)N2CCOCC2)n1.Cl. The van der Waals surface area contributed by atoms with E-state index in [-0.39, 0.29) is 30.3 Å². The molecule has 1 aromatic carbocycles. The van der Waals surface area contributed by atoms with Crippen LogP contribution in [0.25, 0.3) is 0 Å². The number of aromatic nitrogens is 2. The maximum Gasteiger partial charge on any atom is 0.248 e. The molecule has 2 unspecified atom stereocenters. The second-order valence-corrected chi connectivity index (χ2v) is 6.05. The molecule has 8 heteroatoms. The van der Waals surface area contributed by atoms with E-state index >= 15 is 0 Å². The summed E-state index contributed by atoms with van der Waals surface area (Å²) in [5.74, 6) is 0.886. The first-order chi connectivity index (χ1) is 11.7. The third-order valence-electron chi connectivity index (χ3n) is 4.27. The molecule has 0 amide bonds. The highest BCUT2D eigenvalue weighted by Gasteiger charge is 2.29. The fraction of sp³-hybridized carbons (Fsp3) is 0.529. The molecule has 1 saturated heterocycles. The maximum absolute atomic E-state index is 13.7. The zero-order valence-corrected chi connectivity index (χ0v) is 15.3. The standard InChI is InChI=1S/C17H23FN4O2.ClH/c1-12(19-2)10-15-20-17(24-21-15)16(22-6-8-23-9-7-22)13-4-3-5-14(18)11-13;/h3-5,11-12,16,19H,6-10H2,1-2H3;1H. The van der Waals surface area contributed by atoms with Crippen LogP contribution in [0.5, 0.6) is 0 Å². The molecule has 0 saturated carbocycles. The lowest BCUT2D eigenvalue weighted by molar-refractivity contribution is 0.0180. The quantitative estimate of drug-likeness (QED) is 0.841. The van der Waals surface area contributed by atoms with Crippen molar-refractivity contribution in [1.29, 1.82) is 0 Å². The molecule has 1 fully saturated rings. The molecule has 1 aliphatic rings. The number of nitrogens with one attached hydrogen (secondary N) is 1. The largest absolute Gasteiger partial charge is 0.379 e. The lowest BCUT2D eigenvalue weighted by atomic mass is 10.0. The zero-order chi connectivity index (χ0) is 16.9. The van der Waals surface area contributed by atoms with Crippen molar-refractivity contribution < 1.29 is 13.7 Å². The minimum Gasteiger partial charge on any atom is -0.379 e. The van der Waals surface area contributed by atoms with Crippen molar-refractivity contribution >= 4 is 12.4 Å². The fourth-order valence-electron chi connectivity index (χ4n) is 2.86. The highest BCUT2D eigenvalue weighted by atomic mass is 35.5. The molecule has 2 aromatic rings. The molecular weight excluding hydrogens is 347 g/mol. The van der Waals surface area contributed by atoms with Gasteiger partial charge in [-0.15, -0.1) is 12.4 Å². The van der Waals surface area contributed by atoms with Gasteiger partial charge < -0.3 is 14.6 Å². The Labute approximate surface area is 153 Å². The van der Waals surface area contributed by atoms with Crippen LogP contribution in [-0.4, -0.2) is 54.4 Å². The third-order valence-corrected chi connectivity index (χ3v) is 4.27. The van der Waals surface area contributed by atoms with Crippen molar-refractivity contribution in [2.24, 2.45) is 0 Å². The van der Waals surface area contributed by atoms with Gasteiger partial charge in [0.2, 0.25) is 5.89 Å². The van der Waals surface area contributed by atoms with E-state index in [0.29, 0.717) is 31.3 Å². The number of rotatable bonds is 6. The Morgan fingerprint density at radius 3 is 2.76 bits per heavy atom. The molecule has 138 valence electrons. The van der Waals surface area contributed by atoms with Gasteiger partial charge in [-0.1, -0.05) is 17.3 Å². The summed E-state index contributed by atoms with van der Waals surface area (Å²) in [6.45, 7) is 4.83. The summed E-state index contributed by atoms with van der Waals surface area (Å²) >= 11 is 0. The van der Waals surface area contributed by atoms with Crippen LogP contribution < -0.4 is 5.32 Å². The van der Waals surface area contributed by atoms with E-state index in [1.165, 1.54) is 12.1 Å². The monoisotopic (exact) mass is 370 g/mol. The predicted molar refractivity (Wildman–Crippen MR) is 94.4 cm³/mol. The minimum atomic E-state index is -0.269. The summed E-state index contributed by atoms with van der Waals surface area (Å²) < 4.78 is 24.7. The number of nitrogens with zero attached hydrogens (tertiary/aromatic N) is 3. The second kappa shape index (κ2) is 9.24. The molecular formula is C17H24ClFN4O2. The third kappa shape index (κ3) is 4.98. The molecule has 1 aromatic heterocycles. The second-order valence-electron chi connectivity index (χ2n) is 6.05. The van der Waals surface area contributed by atoms with Crippen molar-refractivity contribution in [1.82, 2.24) is 20.4 Å². The summed E-state index contributed by atoms with van der Waals surface area (Å²) in [6.07, 6.45) is 0.680. The molecule has 0 bridgehead atoms. The van der Waals surface area contributed by atoms with E-state index in [9.17, 15) is 4.39 Å². The van der Waals surface area contributed by atoms with Crippen LogP contribution in [0.2, 0.25) is 0 Å². The lowest BCUT2D eigenvalue weighted by Crippen LogP contribution is -2.39. The number of morpholine rings is 1. The molecule has 0 aliphatic carbocycles. The molecule has 2 heterocycles. The van der Waals surface area contributed by atoms with Crippen LogP contribution in [0, 0.1) is 5.82 Å². The number of halogens is 2. The van der Waals surface area contributed by atoms with Crippen LogP contribution in [0.3, 0.4) is 0 Å². The average molecular weight is 371 g/mol. The summed E-state index contributed by atoms with van der Waals surface area (Å²) in [6, 6.07) is 6.57. The molecule has 1 N–H and O–H groups in total. The number of likely N-dealkylation sites (N-methyl/N-ethyl adjacent to an activating group) is 1. The Balaban J connectivity index is 0.00000225. The number of benzene rings is 1. The Morgan fingerprint density at radius 1 is 1.32 bits per heavy atom. The van der Waals surface area contributed by atoms with E-state index in [1.54, 1.807) is 6.07 Å². The highest BCUT2D eigenvalue weighted by molar-refractivity contribution is 5.85. The topological polar surface area (TPSA) is 63.4 Å². The van der Waals surface area contributed by atoms with Crippen molar-refractivity contribution in [3.8, 4) is 0 Å². The Morgan fingerprint density at radius 2 is 2.08 bits per heavy atom. The number of ether oxygens (including phenoxy) is 1. The lowest BCUT2D eigenvalue weighted by Gasteiger charge is -2.32. The molecule has 3 rings (SSSR count). The van der Waals surface area contributed by atoms with E-state index in [2.05, 4.69) is 27.3 Å². The summed E-state index contributed by atoms with van der Waals surface area (Å²) in [5, 5.41) is 7.25. The van der Waals surface area contributed by atoms with Gasteiger partial charge in [0, 0.05) is 25.6 Å². The van der Waals surface area contributed by atoms with Crippen LogP contribution >= 0.6 is 12.4 Å². The normalized spacial score (nSPS) is 17.7. The van der Waals surface area contributed by atoms with Gasteiger partial charge in [-0.2, -0.15) is 4.98 Å². The first-order valence-corrected chi connectivity index (χ1v) is 8.24. The smallest absolute Gasteiger partial charge is 0.248 e. The summed E-state index contributed by atoms with van der Waals surface area (Å²) in [5.41, 5.74) is 0.814. The first kappa shape index (κ1) is 19.8. The van der Waals surface area contributed by atoms with Gasteiger partial charge in [0.15, 0.2) is 5.82 Å². The van der Waals surface area contributed by atoms with Crippen LogP contribution in [0.1, 0.15) is 30.2 Å². The van der Waals surface area contributed by atoms with E-state index in [1.807, 2.05) is 13.1 Å². The zero-order valence-electron chi connectivity index (χ0n) is 14.4. The maximum atomic E-state index is 13.7. The van der Waals surface area contributed by atoms with Crippen LogP contribution in [-0.2, 0) is 11.2 Å². The molecule has 2 atom stereocenters. The van der Waals surface area contributed by atoms with Gasteiger partial charge in [0.1, 0.15) is 11.9 Å². The van der Waals surface area contributed by atoms with E-state index in [4.69, 9.17) is 9.26 Å². The Bertz CT molecular complexity index is 664. The molecule has 0 radical (unpaired) electrons. The summed E-state index contributed by atoms with van der Waals surface area (Å²) in [7, 11) is 1.90. The molecule has 25 heavy (non-hydrogen) atoms. The first-order valence-electron chi connectivity index (χ1n) is 8.24. The summed E-state index contributed by atoms with van der Waals surface area (Å²) in [4.78, 5) is 6.75. The van der Waals surface area contributed by atoms with Gasteiger partial charge in [-0.05, 0) is 31.7 Å². The minimum absolute atomic E-state index is 0. The molecule has 1 aliphatic heterocycles. The number of hydrogen-bond acceptors (Lipinski definition) is 6. The van der Waals surface area contributed by atoms with Crippen molar-refractivity contribution in [3.63, 3.8) is 0 Å². The van der Waals surface area contributed by atoms with Gasteiger partial charge in [-0.3, -0.25) is 4.90 Å². The highest BCUT2D eigenvalue weighted by Crippen LogP contribution is 2.28. The van der Waals surface area contributed by atoms with Crippen LogP contribution in [0.4, 0.5) is 4.39 Å². The fourth-order valence-corrected chi connectivity index (χ4v) is 2.86. The van der Waals surface area contributed by atoms with Crippen LogP contribution in [0.15, 0.2) is 28.8 Å². The Kier molecular flexibility index (Phi) is 7.31. The van der Waals surface area contributed by atoms with E-state index in [0.717, 1.165) is 18.7 Å². The molecule has 6 nitrogen and oxygen atoms in total. The van der Waals surface area contributed by atoms with Crippen molar-refractivity contribution in [2.45, 2.75) is 25.4 Å². The van der Waals surface area contributed by atoms with Gasteiger partial charge in [0.05, 0.1) is 13.2 Å². The average Bonchev–Trinajstić information content (AvgIpc) is 3.04. The predicted octanol–water partition coefficient (Wildman–Crippen LogP) is 2.20. The van der Waals surface area contributed by atoms with Crippen molar-refractivity contribution in [2.75, 3.05) is 33.4 Å². The van der Waals surface area contributed by atoms with E-state index < -0.39 is 0 Å². The molecule has 0 spiro atoms.